The molecule has 5 nitrogen and oxygen atoms in total. The Hall–Kier alpha value is -2.69. The number of amides is 3. The van der Waals surface area contributed by atoms with Crippen molar-refractivity contribution >= 4 is 28.5 Å². The standard InChI is InChI=1S/C23H26N2O3/c1-15(17-12-6-8-16-7-2-3-9-18(16)17)24-21(26)13-14-25-22(27)19-10-4-5-11-20(19)23(25)28/h2-3,6-9,12,15,19-20H,4-5,10-11,13-14H2,1H3,(H,24,26)/t15-,19+,20+/m0/s1. The molecule has 0 bridgehead atoms. The van der Waals surface area contributed by atoms with E-state index in [4.69, 9.17) is 0 Å². The zero-order valence-corrected chi connectivity index (χ0v) is 16.2. The number of fused-ring (bicyclic) bond motifs is 2. The first kappa shape index (κ1) is 18.7. The van der Waals surface area contributed by atoms with Gasteiger partial charge in [0, 0.05) is 13.0 Å². The third-order valence-electron chi connectivity index (χ3n) is 6.16. The number of likely N-dealkylation sites (tertiary alicyclic amines) is 1. The summed E-state index contributed by atoms with van der Waals surface area (Å²) >= 11 is 0. The number of rotatable bonds is 5. The minimum Gasteiger partial charge on any atom is -0.350 e. The van der Waals surface area contributed by atoms with E-state index in [0.717, 1.165) is 42.0 Å². The Morgan fingerprint density at radius 1 is 1.04 bits per heavy atom. The van der Waals surface area contributed by atoms with Crippen molar-refractivity contribution in [2.24, 2.45) is 11.8 Å². The van der Waals surface area contributed by atoms with Gasteiger partial charge in [-0.05, 0) is 36.1 Å². The van der Waals surface area contributed by atoms with E-state index >= 15 is 0 Å². The summed E-state index contributed by atoms with van der Waals surface area (Å²) in [5.41, 5.74) is 1.06. The van der Waals surface area contributed by atoms with E-state index in [-0.39, 0.29) is 48.6 Å². The van der Waals surface area contributed by atoms with Crippen LogP contribution in [0, 0.1) is 11.8 Å². The molecule has 0 spiro atoms. The summed E-state index contributed by atoms with van der Waals surface area (Å²) in [7, 11) is 0. The van der Waals surface area contributed by atoms with Crippen LogP contribution in [0.2, 0.25) is 0 Å². The normalized spacial score (nSPS) is 23.0. The van der Waals surface area contributed by atoms with Gasteiger partial charge in [-0.25, -0.2) is 0 Å². The Morgan fingerprint density at radius 3 is 2.39 bits per heavy atom. The number of hydrogen-bond donors (Lipinski definition) is 1. The molecular weight excluding hydrogens is 352 g/mol. The highest BCUT2D eigenvalue weighted by atomic mass is 16.2. The number of carbonyl (C=O) groups is 3. The number of nitrogens with one attached hydrogen (secondary N) is 1. The van der Waals surface area contributed by atoms with Crippen molar-refractivity contribution in [2.45, 2.75) is 45.1 Å². The van der Waals surface area contributed by atoms with E-state index in [1.165, 1.54) is 4.90 Å². The van der Waals surface area contributed by atoms with Gasteiger partial charge in [0.25, 0.3) is 0 Å². The first-order valence-corrected chi connectivity index (χ1v) is 10.2. The molecule has 146 valence electrons. The Labute approximate surface area is 165 Å². The molecule has 1 saturated carbocycles. The molecule has 0 radical (unpaired) electrons. The fourth-order valence-corrected chi connectivity index (χ4v) is 4.68. The smallest absolute Gasteiger partial charge is 0.233 e. The van der Waals surface area contributed by atoms with Crippen molar-refractivity contribution in [3.05, 3.63) is 48.0 Å². The lowest BCUT2D eigenvalue weighted by Gasteiger charge is -2.19. The molecular formula is C23H26N2O3. The van der Waals surface area contributed by atoms with Crippen LogP contribution in [-0.2, 0) is 14.4 Å². The lowest BCUT2D eigenvalue weighted by molar-refractivity contribution is -0.140. The topological polar surface area (TPSA) is 66.5 Å². The maximum atomic E-state index is 12.5. The Morgan fingerprint density at radius 2 is 1.68 bits per heavy atom. The summed E-state index contributed by atoms with van der Waals surface area (Å²) in [4.78, 5) is 38.9. The van der Waals surface area contributed by atoms with Crippen molar-refractivity contribution in [1.29, 1.82) is 0 Å². The molecule has 1 saturated heterocycles. The predicted molar refractivity (Wildman–Crippen MR) is 107 cm³/mol. The lowest BCUT2D eigenvalue weighted by Crippen LogP contribution is -2.36. The van der Waals surface area contributed by atoms with Gasteiger partial charge in [-0.15, -0.1) is 0 Å². The monoisotopic (exact) mass is 378 g/mol. The van der Waals surface area contributed by atoms with Crippen molar-refractivity contribution in [3.63, 3.8) is 0 Å². The van der Waals surface area contributed by atoms with Crippen LogP contribution in [0.3, 0.4) is 0 Å². The molecule has 2 aromatic carbocycles. The first-order chi connectivity index (χ1) is 13.6. The Kier molecular flexibility index (Phi) is 5.16. The van der Waals surface area contributed by atoms with Crippen molar-refractivity contribution < 1.29 is 14.4 Å². The minimum absolute atomic E-state index is 0.0791. The fraction of sp³-hybridized carbons (Fsp3) is 0.435. The minimum atomic E-state index is -0.154. The highest BCUT2D eigenvalue weighted by Gasteiger charge is 2.47. The highest BCUT2D eigenvalue weighted by Crippen LogP contribution is 2.38. The van der Waals surface area contributed by atoms with Crippen LogP contribution in [0.15, 0.2) is 42.5 Å². The molecule has 2 aliphatic rings. The van der Waals surface area contributed by atoms with E-state index in [1.807, 2.05) is 31.2 Å². The van der Waals surface area contributed by atoms with E-state index < -0.39 is 0 Å². The summed E-state index contributed by atoms with van der Waals surface area (Å²) in [6.45, 7) is 2.14. The zero-order valence-electron chi connectivity index (χ0n) is 16.2. The second kappa shape index (κ2) is 7.74. The van der Waals surface area contributed by atoms with Gasteiger partial charge in [0.2, 0.25) is 17.7 Å². The first-order valence-electron chi connectivity index (χ1n) is 10.2. The van der Waals surface area contributed by atoms with Gasteiger partial charge < -0.3 is 5.32 Å². The molecule has 1 heterocycles. The van der Waals surface area contributed by atoms with E-state index in [0.29, 0.717) is 0 Å². The van der Waals surface area contributed by atoms with Gasteiger partial charge in [0.1, 0.15) is 0 Å². The van der Waals surface area contributed by atoms with Crippen LogP contribution in [0.5, 0.6) is 0 Å². The summed E-state index contributed by atoms with van der Waals surface area (Å²) in [5, 5.41) is 5.27. The molecule has 4 rings (SSSR count). The highest BCUT2D eigenvalue weighted by molar-refractivity contribution is 6.05. The predicted octanol–water partition coefficient (Wildman–Crippen LogP) is 3.58. The van der Waals surface area contributed by atoms with Gasteiger partial charge >= 0.3 is 0 Å². The molecule has 1 N–H and O–H groups in total. The third-order valence-corrected chi connectivity index (χ3v) is 6.16. The van der Waals surface area contributed by atoms with Crippen molar-refractivity contribution in [3.8, 4) is 0 Å². The number of carbonyl (C=O) groups excluding carboxylic acids is 3. The summed E-state index contributed by atoms with van der Waals surface area (Å²) in [6, 6.07) is 14.0. The van der Waals surface area contributed by atoms with E-state index in [1.54, 1.807) is 0 Å². The molecule has 2 aromatic rings. The molecule has 3 amide bonds. The molecule has 1 aliphatic carbocycles. The summed E-state index contributed by atoms with van der Waals surface area (Å²) < 4.78 is 0. The molecule has 28 heavy (non-hydrogen) atoms. The number of imide groups is 1. The average molecular weight is 378 g/mol. The molecule has 3 atom stereocenters. The molecule has 0 aromatic heterocycles. The van der Waals surface area contributed by atoms with Crippen LogP contribution < -0.4 is 5.32 Å². The van der Waals surface area contributed by atoms with Crippen LogP contribution in [-0.4, -0.2) is 29.2 Å². The quantitative estimate of drug-likeness (QED) is 0.809. The summed E-state index contributed by atoms with van der Waals surface area (Å²) in [6.07, 6.45) is 3.77. The van der Waals surface area contributed by atoms with Gasteiger partial charge in [0.15, 0.2) is 0 Å². The zero-order chi connectivity index (χ0) is 19.7. The van der Waals surface area contributed by atoms with Crippen molar-refractivity contribution in [2.75, 3.05) is 6.54 Å². The summed E-state index contributed by atoms with van der Waals surface area (Å²) in [5.74, 6) is -0.608. The van der Waals surface area contributed by atoms with Crippen LogP contribution in [0.25, 0.3) is 10.8 Å². The second-order valence-corrected chi connectivity index (χ2v) is 7.93. The number of hydrogen-bond acceptors (Lipinski definition) is 3. The fourth-order valence-electron chi connectivity index (χ4n) is 4.68. The molecule has 5 heteroatoms. The van der Waals surface area contributed by atoms with Gasteiger partial charge in [-0.1, -0.05) is 55.3 Å². The van der Waals surface area contributed by atoms with Crippen molar-refractivity contribution in [1.82, 2.24) is 10.2 Å². The van der Waals surface area contributed by atoms with Gasteiger partial charge in [-0.3, -0.25) is 19.3 Å². The third kappa shape index (κ3) is 3.41. The van der Waals surface area contributed by atoms with Crippen LogP contribution in [0.4, 0.5) is 0 Å². The van der Waals surface area contributed by atoms with Crippen LogP contribution >= 0.6 is 0 Å². The van der Waals surface area contributed by atoms with E-state index in [2.05, 4.69) is 23.5 Å². The number of nitrogens with zero attached hydrogens (tertiary/aromatic N) is 1. The maximum absolute atomic E-state index is 12.5. The van der Waals surface area contributed by atoms with Gasteiger partial charge in [-0.2, -0.15) is 0 Å². The molecule has 0 unspecified atom stereocenters. The maximum Gasteiger partial charge on any atom is 0.233 e. The molecule has 2 fully saturated rings. The lowest BCUT2D eigenvalue weighted by atomic mass is 9.81. The number of benzene rings is 2. The van der Waals surface area contributed by atoms with E-state index in [9.17, 15) is 14.4 Å². The second-order valence-electron chi connectivity index (χ2n) is 7.93. The molecule has 1 aliphatic heterocycles. The Balaban J connectivity index is 1.38. The SMILES string of the molecule is C[C@H](NC(=O)CCN1C(=O)[C@@H]2CCCC[C@H]2C1=O)c1cccc2ccccc12. The van der Waals surface area contributed by atoms with Gasteiger partial charge in [0.05, 0.1) is 17.9 Å². The Bertz CT molecular complexity index is 894. The van der Waals surface area contributed by atoms with Crippen LogP contribution in [0.1, 0.15) is 50.6 Å². The largest absolute Gasteiger partial charge is 0.350 e. The average Bonchev–Trinajstić information content (AvgIpc) is 2.96.